The van der Waals surface area contributed by atoms with Gasteiger partial charge in [0.25, 0.3) is 0 Å². The highest BCUT2D eigenvalue weighted by atomic mass is 79.9. The molecule has 0 aromatic heterocycles. The Labute approximate surface area is 135 Å². The molecule has 21 heavy (non-hydrogen) atoms. The lowest BCUT2D eigenvalue weighted by atomic mass is 9.97. The molecule has 2 N–H and O–H groups in total. The molecular weight excluding hydrogens is 332 g/mol. The minimum absolute atomic E-state index is 0.0136. The van der Waals surface area contributed by atoms with Gasteiger partial charge in [-0.15, -0.1) is 0 Å². The summed E-state index contributed by atoms with van der Waals surface area (Å²) in [7, 11) is 0. The zero-order valence-electron chi connectivity index (χ0n) is 12.6. The van der Waals surface area contributed by atoms with Crippen LogP contribution in [0, 0.1) is 5.92 Å². The summed E-state index contributed by atoms with van der Waals surface area (Å²) in [5.74, 6) is -0.308. The zero-order valence-corrected chi connectivity index (χ0v) is 14.2. The third-order valence-electron chi connectivity index (χ3n) is 2.78. The molecule has 0 fully saturated rings. The van der Waals surface area contributed by atoms with Gasteiger partial charge in [0.05, 0.1) is 5.33 Å². The molecule has 0 heterocycles. The molecule has 0 unspecified atom stereocenters. The Bertz CT molecular complexity index is 453. The Morgan fingerprint density at radius 2 is 2.00 bits per heavy atom. The molecule has 4 nitrogen and oxygen atoms in total. The number of carbonyl (C=O) groups excluding carboxylic acids is 2. The summed E-state index contributed by atoms with van der Waals surface area (Å²) in [6.07, 6.45) is 7.41. The molecule has 0 aromatic rings. The molecule has 0 saturated carbocycles. The third kappa shape index (κ3) is 8.30. The normalized spacial score (nSPS) is 12.8. The Kier molecular flexibility index (Phi) is 10.2. The third-order valence-corrected chi connectivity index (χ3v) is 3.29. The Hall–Kier alpha value is -1.62. The summed E-state index contributed by atoms with van der Waals surface area (Å²) in [5, 5.41) is 5.70. The quantitative estimate of drug-likeness (QED) is 0.494. The van der Waals surface area contributed by atoms with Crippen LogP contribution in [-0.4, -0.2) is 23.7 Å². The Morgan fingerprint density at radius 3 is 2.52 bits per heavy atom. The highest BCUT2D eigenvalue weighted by molar-refractivity contribution is 9.09. The van der Waals surface area contributed by atoms with Crippen molar-refractivity contribution in [2.75, 3.05) is 11.9 Å². The van der Waals surface area contributed by atoms with Crippen LogP contribution in [0.15, 0.2) is 48.7 Å². The van der Waals surface area contributed by atoms with Gasteiger partial charge in [-0.1, -0.05) is 54.2 Å². The molecule has 0 bridgehead atoms. The number of hydrogen-bond donors (Lipinski definition) is 2. The van der Waals surface area contributed by atoms with E-state index in [1.165, 1.54) is 0 Å². The average molecular weight is 355 g/mol. The standard InChI is InChI=1S/C16H23BrN2O2/c1-5-7-12(3)13(4)14(8-6-2)19-15(20)9-10-18-16(21)11-17/h5-8,13H,2-3,9-11H2,1,4H3,(H,18,21)(H,19,20)/b7-5+,14-8-/t13-/m1/s1. The second-order valence-corrected chi connectivity index (χ2v) is 5.00. The van der Waals surface area contributed by atoms with E-state index in [1.54, 1.807) is 12.2 Å². The van der Waals surface area contributed by atoms with Crippen LogP contribution in [-0.2, 0) is 9.59 Å². The predicted molar refractivity (Wildman–Crippen MR) is 91.0 cm³/mol. The fourth-order valence-electron chi connectivity index (χ4n) is 1.57. The van der Waals surface area contributed by atoms with Crippen molar-refractivity contribution in [3.8, 4) is 0 Å². The molecule has 2 amide bonds. The summed E-state index contributed by atoms with van der Waals surface area (Å²) in [5.41, 5.74) is 1.64. The van der Waals surface area contributed by atoms with Crippen molar-refractivity contribution in [1.82, 2.24) is 10.6 Å². The van der Waals surface area contributed by atoms with Crippen molar-refractivity contribution in [3.05, 3.63) is 48.7 Å². The van der Waals surface area contributed by atoms with Crippen LogP contribution in [0.3, 0.4) is 0 Å². The second-order valence-electron chi connectivity index (χ2n) is 4.44. The van der Waals surface area contributed by atoms with Crippen molar-refractivity contribution in [2.45, 2.75) is 20.3 Å². The number of carbonyl (C=O) groups is 2. The van der Waals surface area contributed by atoms with Gasteiger partial charge < -0.3 is 10.6 Å². The lowest BCUT2D eigenvalue weighted by Gasteiger charge is -2.17. The molecule has 0 radical (unpaired) electrons. The molecule has 0 aliphatic heterocycles. The van der Waals surface area contributed by atoms with E-state index in [2.05, 4.69) is 39.7 Å². The van der Waals surface area contributed by atoms with E-state index in [1.807, 2.05) is 26.0 Å². The fraction of sp³-hybridized carbons (Fsp3) is 0.375. The lowest BCUT2D eigenvalue weighted by Crippen LogP contribution is -2.32. The highest BCUT2D eigenvalue weighted by Gasteiger charge is 2.13. The van der Waals surface area contributed by atoms with E-state index in [4.69, 9.17) is 0 Å². The van der Waals surface area contributed by atoms with Crippen LogP contribution in [0.4, 0.5) is 0 Å². The molecule has 0 saturated heterocycles. The monoisotopic (exact) mass is 354 g/mol. The van der Waals surface area contributed by atoms with Gasteiger partial charge in [0, 0.05) is 24.6 Å². The number of nitrogens with one attached hydrogen (secondary N) is 2. The molecule has 116 valence electrons. The van der Waals surface area contributed by atoms with E-state index in [9.17, 15) is 9.59 Å². The van der Waals surface area contributed by atoms with Crippen LogP contribution < -0.4 is 10.6 Å². The summed E-state index contributed by atoms with van der Waals surface area (Å²) < 4.78 is 0. The molecule has 0 aliphatic rings. The SMILES string of the molecule is C=C/C=C(\NC(=O)CCNC(=O)CBr)[C@H](C)C(=C)/C=C/C. The number of halogens is 1. The minimum Gasteiger partial charge on any atom is -0.355 e. The average Bonchev–Trinajstić information content (AvgIpc) is 2.46. The van der Waals surface area contributed by atoms with Gasteiger partial charge in [-0.25, -0.2) is 0 Å². The van der Waals surface area contributed by atoms with E-state index in [-0.39, 0.29) is 29.5 Å². The van der Waals surface area contributed by atoms with Crippen LogP contribution in [0.1, 0.15) is 20.3 Å². The van der Waals surface area contributed by atoms with Crippen molar-refractivity contribution in [1.29, 1.82) is 0 Å². The van der Waals surface area contributed by atoms with Crippen molar-refractivity contribution >= 4 is 27.7 Å². The van der Waals surface area contributed by atoms with Gasteiger partial charge in [-0.05, 0) is 18.6 Å². The summed E-state index contributed by atoms with van der Waals surface area (Å²) in [6, 6.07) is 0. The van der Waals surface area contributed by atoms with E-state index < -0.39 is 0 Å². The summed E-state index contributed by atoms with van der Waals surface area (Å²) in [6.45, 7) is 11.8. The first-order valence-corrected chi connectivity index (χ1v) is 7.85. The van der Waals surface area contributed by atoms with Gasteiger partial charge in [0.15, 0.2) is 0 Å². The van der Waals surface area contributed by atoms with Gasteiger partial charge in [-0.2, -0.15) is 0 Å². The van der Waals surface area contributed by atoms with Gasteiger partial charge >= 0.3 is 0 Å². The van der Waals surface area contributed by atoms with Crippen molar-refractivity contribution in [2.24, 2.45) is 5.92 Å². The number of amides is 2. The van der Waals surface area contributed by atoms with Crippen LogP contribution in [0.25, 0.3) is 0 Å². The van der Waals surface area contributed by atoms with Gasteiger partial charge in [-0.3, -0.25) is 9.59 Å². The number of hydrogen-bond acceptors (Lipinski definition) is 2. The van der Waals surface area contributed by atoms with Crippen LogP contribution in [0.2, 0.25) is 0 Å². The predicted octanol–water partition coefficient (Wildman–Crippen LogP) is 2.84. The van der Waals surface area contributed by atoms with E-state index in [0.29, 0.717) is 6.54 Å². The van der Waals surface area contributed by atoms with E-state index in [0.717, 1.165) is 11.3 Å². The Morgan fingerprint density at radius 1 is 1.33 bits per heavy atom. The second kappa shape index (κ2) is 11.1. The molecule has 0 spiro atoms. The number of rotatable bonds is 9. The fourth-order valence-corrected chi connectivity index (χ4v) is 1.76. The molecule has 5 heteroatoms. The molecule has 0 aliphatic carbocycles. The maximum Gasteiger partial charge on any atom is 0.230 e. The maximum atomic E-state index is 11.9. The minimum atomic E-state index is -0.155. The first-order chi connectivity index (χ1) is 9.96. The molecule has 0 aromatic carbocycles. The zero-order chi connectivity index (χ0) is 16.3. The maximum absolute atomic E-state index is 11.9. The van der Waals surface area contributed by atoms with Crippen molar-refractivity contribution in [3.63, 3.8) is 0 Å². The van der Waals surface area contributed by atoms with Crippen LogP contribution >= 0.6 is 15.9 Å². The summed E-state index contributed by atoms with van der Waals surface area (Å²) in [4.78, 5) is 22.9. The molecule has 0 rings (SSSR count). The summed E-state index contributed by atoms with van der Waals surface area (Å²) >= 11 is 3.04. The lowest BCUT2D eigenvalue weighted by molar-refractivity contribution is -0.121. The van der Waals surface area contributed by atoms with E-state index >= 15 is 0 Å². The number of alkyl halides is 1. The topological polar surface area (TPSA) is 58.2 Å². The van der Waals surface area contributed by atoms with Crippen molar-refractivity contribution < 1.29 is 9.59 Å². The van der Waals surface area contributed by atoms with Gasteiger partial charge in [0.2, 0.25) is 11.8 Å². The molecular formula is C16H23BrN2O2. The molecule has 1 atom stereocenters. The van der Waals surface area contributed by atoms with Gasteiger partial charge in [0.1, 0.15) is 0 Å². The Balaban J connectivity index is 4.54. The van der Waals surface area contributed by atoms with Crippen LogP contribution in [0.5, 0.6) is 0 Å². The first kappa shape index (κ1) is 19.4. The first-order valence-electron chi connectivity index (χ1n) is 6.72. The number of allylic oxidation sites excluding steroid dienone is 5. The largest absolute Gasteiger partial charge is 0.355 e. The smallest absolute Gasteiger partial charge is 0.230 e. The highest BCUT2D eigenvalue weighted by Crippen LogP contribution is 2.18.